The summed E-state index contributed by atoms with van der Waals surface area (Å²) in [7, 11) is -1.65. The largest absolute Gasteiger partial charge is 0.490 e. The Morgan fingerprint density at radius 3 is 1.32 bits per heavy atom. The zero-order valence-corrected chi connectivity index (χ0v) is 58.2. The molecule has 5 aliphatic heterocycles. The Morgan fingerprint density at radius 2 is 0.957 bits per heavy atom. The first-order valence-electron chi connectivity index (χ1n) is 32.8. The summed E-state index contributed by atoms with van der Waals surface area (Å²) in [5.74, 6) is 7.47. The number of anilines is 1. The number of pyridine rings is 2. The first-order chi connectivity index (χ1) is 44.8. The summed E-state index contributed by atoms with van der Waals surface area (Å²) in [6.07, 6.45) is 11.3. The molecule has 6 fully saturated rings. The van der Waals surface area contributed by atoms with E-state index in [-0.39, 0.29) is 29.7 Å². The highest BCUT2D eigenvalue weighted by molar-refractivity contribution is 9.10. The Kier molecular flexibility index (Phi) is 20.3. The highest BCUT2D eigenvalue weighted by atomic mass is 79.9. The molecule has 8 aromatic rings. The molecule has 7 heterocycles. The standard InChI is InChI=1S/C39H32OP2.C19H27N3O3.C14H19BrN2O3.C5H9N/c1-39(2)33-25-15-27-35(41(29-17-7-3-8-18-29)30-19-9-4-10-20-30)37(33)40-38-34(39)26-16-28-36(38)42(31-21-11-5-12-22-31)32-23-13-6-14-24-32;1-19(2,3)25-18(23)22-5-4-15(22)12-24-17-7-16(8-20-9-17)21-10-13-6-14(13)11-21;1-14(2,3)20-13(18)17-5-4-11(17)9-19-12-6-10(15)7-16-8-12;1-4-2-6-3-5(1)4/h3-28H,1-2H3;7-9,13-15H,4-6,10-12H2,1-3H3;6-8,11H,4-5,9H2,1-3H3;4-6H,1-3H2/t;13?,14?,15-;11-;/m.11./s1. The van der Waals surface area contributed by atoms with E-state index in [4.69, 9.17) is 23.7 Å². The number of aromatic nitrogens is 2. The molecule has 2 aromatic heterocycles. The van der Waals surface area contributed by atoms with Crippen molar-refractivity contribution in [2.45, 2.75) is 110 Å². The Hall–Kier alpha value is -7.34. The molecule has 2 saturated carbocycles. The first-order valence-corrected chi connectivity index (χ1v) is 36.3. The second-order valence-corrected chi connectivity index (χ2v) is 33.0. The van der Waals surface area contributed by atoms with Gasteiger partial charge in [-0.25, -0.2) is 9.59 Å². The van der Waals surface area contributed by atoms with Gasteiger partial charge in [0, 0.05) is 70.1 Å². The number of nitrogens with one attached hydrogen (secondary N) is 1. The fourth-order valence-electron chi connectivity index (χ4n) is 12.7. The quantitative estimate of drug-likeness (QED) is 0.111. The number of carbonyl (C=O) groups excluding carboxylic acids is 2. The van der Waals surface area contributed by atoms with Crippen LogP contribution in [0.5, 0.6) is 23.0 Å². The molecule has 4 saturated heterocycles. The smallest absolute Gasteiger partial charge is 0.410 e. The molecule has 0 radical (unpaired) electrons. The molecule has 1 N–H and O–H groups in total. The number of rotatable bonds is 13. The monoisotopic (exact) mass is 1350 g/mol. The van der Waals surface area contributed by atoms with Crippen LogP contribution < -0.4 is 56.3 Å². The van der Waals surface area contributed by atoms with Gasteiger partial charge in [0.15, 0.2) is 0 Å². The number of benzene rings is 6. The van der Waals surface area contributed by atoms with E-state index in [1.165, 1.54) is 68.9 Å². The fraction of sp³-hybridized carbons (Fsp3) is 0.377. The van der Waals surface area contributed by atoms with Crippen molar-refractivity contribution in [2.75, 3.05) is 57.4 Å². The third-order valence-electron chi connectivity index (χ3n) is 18.1. The van der Waals surface area contributed by atoms with Crippen LogP contribution in [0.2, 0.25) is 0 Å². The van der Waals surface area contributed by atoms with E-state index in [0.29, 0.717) is 19.0 Å². The van der Waals surface area contributed by atoms with Crippen LogP contribution in [0.15, 0.2) is 199 Å². The van der Waals surface area contributed by atoms with Crippen LogP contribution in [0.3, 0.4) is 0 Å². The van der Waals surface area contributed by atoms with Crippen molar-refractivity contribution in [3.63, 3.8) is 0 Å². The van der Waals surface area contributed by atoms with Crippen molar-refractivity contribution >= 4 is 81.5 Å². The molecule has 0 bridgehead atoms. The molecule has 15 rings (SSSR count). The summed E-state index contributed by atoms with van der Waals surface area (Å²) in [6, 6.07) is 61.2. The van der Waals surface area contributed by atoms with Crippen molar-refractivity contribution in [3.8, 4) is 23.0 Å². The third-order valence-corrected chi connectivity index (χ3v) is 23.5. The minimum absolute atomic E-state index is 0.0730. The van der Waals surface area contributed by atoms with Crippen LogP contribution in [-0.2, 0) is 14.9 Å². The average Bonchev–Trinajstić information content (AvgIpc) is 1.65. The van der Waals surface area contributed by atoms with E-state index >= 15 is 0 Å². The van der Waals surface area contributed by atoms with E-state index in [1.54, 1.807) is 28.4 Å². The highest BCUT2D eigenvalue weighted by Crippen LogP contribution is 2.53. The average molecular weight is 1350 g/mol. The zero-order chi connectivity index (χ0) is 64.9. The van der Waals surface area contributed by atoms with Gasteiger partial charge in [-0.05, 0) is 163 Å². The van der Waals surface area contributed by atoms with Gasteiger partial charge in [-0.3, -0.25) is 9.97 Å². The minimum atomic E-state index is -0.824. The summed E-state index contributed by atoms with van der Waals surface area (Å²) in [5, 5.41) is 11.1. The van der Waals surface area contributed by atoms with Crippen LogP contribution in [0.1, 0.15) is 92.2 Å². The molecule has 2 amide bonds. The van der Waals surface area contributed by atoms with Crippen molar-refractivity contribution in [2.24, 2.45) is 23.7 Å². The normalized spacial score (nSPS) is 20.7. The third kappa shape index (κ3) is 16.3. The number of nitrogens with zero attached hydrogens (tertiary/aromatic N) is 5. The maximum Gasteiger partial charge on any atom is 0.410 e. The summed E-state index contributed by atoms with van der Waals surface area (Å²) >= 11 is 3.34. The highest BCUT2D eigenvalue weighted by Gasteiger charge is 2.46. The van der Waals surface area contributed by atoms with Gasteiger partial charge in [0.25, 0.3) is 0 Å². The van der Waals surface area contributed by atoms with Gasteiger partial charge in [-0.1, -0.05) is 172 Å². The topological polar surface area (TPSA) is 128 Å². The molecule has 13 nitrogen and oxygen atoms in total. The number of hydrogen-bond acceptors (Lipinski definition) is 11. The number of likely N-dealkylation sites (tertiary alicyclic amines) is 2. The molecule has 484 valence electrons. The molecule has 0 spiro atoms. The number of carbonyl (C=O) groups is 2. The van der Waals surface area contributed by atoms with E-state index in [9.17, 15) is 9.59 Å². The Labute approximate surface area is 560 Å². The van der Waals surface area contributed by atoms with Crippen molar-refractivity contribution in [3.05, 3.63) is 210 Å². The molecule has 4 unspecified atom stereocenters. The molecule has 7 aliphatic rings. The van der Waals surface area contributed by atoms with Gasteiger partial charge in [0.1, 0.15) is 47.4 Å². The zero-order valence-electron chi connectivity index (χ0n) is 54.8. The van der Waals surface area contributed by atoms with Crippen LogP contribution >= 0.6 is 31.8 Å². The first kappa shape index (κ1) is 65.7. The molecule has 2 aliphatic carbocycles. The van der Waals surface area contributed by atoms with Gasteiger partial charge in [-0.15, -0.1) is 0 Å². The van der Waals surface area contributed by atoms with Crippen LogP contribution in [0.4, 0.5) is 15.3 Å². The summed E-state index contributed by atoms with van der Waals surface area (Å²) in [5.41, 5.74) is 2.47. The van der Waals surface area contributed by atoms with Gasteiger partial charge in [0.2, 0.25) is 0 Å². The molecule has 16 heteroatoms. The predicted octanol–water partition coefficient (Wildman–Crippen LogP) is 14.0. The number of para-hydroxylation sites is 2. The molecular formula is C77H87BrN6O7P2. The molecule has 93 heavy (non-hydrogen) atoms. The second kappa shape index (κ2) is 28.7. The van der Waals surface area contributed by atoms with Crippen molar-refractivity contribution < 1.29 is 33.3 Å². The van der Waals surface area contributed by atoms with Crippen molar-refractivity contribution in [1.82, 2.24) is 25.1 Å². The number of fused-ring (bicyclic) bond motifs is 4. The SMILES string of the molecule is C1NCC2CC12.CC(C)(C)OC(=O)N1CC[C@@H]1COc1cncc(Br)c1.CC(C)(C)OC(=O)N1CC[C@@H]1COc1cncc(N2CC3CC3C2)c1.CC1(C)c2cccc(P(c3ccccc3)c3ccccc3)c2Oc2c(P(c3ccccc3)c3ccccc3)cccc21. The number of amides is 2. The maximum absolute atomic E-state index is 12.2. The number of halogens is 1. The maximum atomic E-state index is 12.2. The van der Waals surface area contributed by atoms with Crippen LogP contribution in [-0.4, -0.2) is 108 Å². The summed E-state index contributed by atoms with van der Waals surface area (Å²) < 4.78 is 30.5. The summed E-state index contributed by atoms with van der Waals surface area (Å²) in [6.45, 7) is 23.2. The lowest BCUT2D eigenvalue weighted by Gasteiger charge is -2.41. The number of hydrogen-bond donors (Lipinski definition) is 1. The predicted molar refractivity (Wildman–Crippen MR) is 381 cm³/mol. The van der Waals surface area contributed by atoms with Crippen molar-refractivity contribution in [1.29, 1.82) is 0 Å². The lowest BCUT2D eigenvalue weighted by molar-refractivity contribution is -0.0149. The number of ether oxygens (including phenoxy) is 5. The van der Waals surface area contributed by atoms with Gasteiger partial charge in [-0.2, -0.15) is 0 Å². The summed E-state index contributed by atoms with van der Waals surface area (Å²) in [4.78, 5) is 38.3. The van der Waals surface area contributed by atoms with Gasteiger partial charge >= 0.3 is 12.2 Å². The van der Waals surface area contributed by atoms with Gasteiger partial charge in [0.05, 0.1) is 36.4 Å². The lowest BCUT2D eigenvalue weighted by Crippen LogP contribution is -2.55. The Morgan fingerprint density at radius 1 is 0.548 bits per heavy atom. The molecule has 6 aromatic carbocycles. The molecule has 6 atom stereocenters. The van der Waals surface area contributed by atoms with Gasteiger partial charge < -0.3 is 43.7 Å². The second-order valence-electron chi connectivity index (χ2n) is 27.7. The van der Waals surface area contributed by atoms with Crippen LogP contribution in [0.25, 0.3) is 0 Å². The van der Waals surface area contributed by atoms with E-state index in [1.807, 2.05) is 53.8 Å². The minimum Gasteiger partial charge on any atom is -0.490 e. The Balaban J connectivity index is 0.000000138. The molecular weight excluding hydrogens is 1260 g/mol. The fourth-order valence-corrected chi connectivity index (χ4v) is 17.9. The lowest BCUT2D eigenvalue weighted by atomic mass is 9.76. The Bertz CT molecular complexity index is 3610. The van der Waals surface area contributed by atoms with E-state index in [0.717, 1.165) is 90.1 Å². The van der Waals surface area contributed by atoms with E-state index < -0.39 is 27.0 Å². The number of piperidine rings is 2. The van der Waals surface area contributed by atoms with E-state index in [2.05, 4.69) is 214 Å². The van der Waals surface area contributed by atoms with Crippen LogP contribution in [0, 0.1) is 23.7 Å².